The normalized spacial score (nSPS) is 12.8. The Labute approximate surface area is 467 Å². The van der Waals surface area contributed by atoms with Crippen LogP contribution in [0.3, 0.4) is 0 Å². The quantitative estimate of drug-likeness (QED) is 0.0616. The summed E-state index contributed by atoms with van der Waals surface area (Å²) in [6.07, 6.45) is 6.18. The van der Waals surface area contributed by atoms with Gasteiger partial charge in [0.15, 0.2) is 0 Å². The smallest absolute Gasteiger partial charge is 0.0696 e. The molecule has 2 aliphatic carbocycles. The highest BCUT2D eigenvalue weighted by molar-refractivity contribution is 7.02. The molecule has 0 atom stereocenters. The van der Waals surface area contributed by atoms with Crippen molar-refractivity contribution < 1.29 is 0 Å². The van der Waals surface area contributed by atoms with Crippen LogP contribution < -0.4 is 43.2 Å². The Kier molecular flexibility index (Phi) is 10.7. The third-order valence-electron chi connectivity index (χ3n) is 18.5. The van der Waals surface area contributed by atoms with Crippen LogP contribution in [-0.2, 0) is 12.8 Å². The van der Waals surface area contributed by atoms with E-state index >= 15 is 0 Å². The molecule has 16 rings (SSSR count). The second kappa shape index (κ2) is 18.2. The summed E-state index contributed by atoms with van der Waals surface area (Å²) in [6, 6.07) is 84.1. The molecule has 0 radical (unpaired) electrons. The highest BCUT2D eigenvalue weighted by Gasteiger charge is 2.37. The van der Waals surface area contributed by atoms with Crippen LogP contribution >= 0.6 is 0 Å². The molecule has 0 spiro atoms. The minimum Gasteiger partial charge on any atom is -0.0696 e. The van der Waals surface area contributed by atoms with Crippen molar-refractivity contribution in [3.8, 4) is 0 Å². The van der Waals surface area contributed by atoms with Gasteiger partial charge in [-0.05, 0) is 191 Å². The molecule has 0 fully saturated rings. The van der Waals surface area contributed by atoms with Gasteiger partial charge in [-0.3, -0.25) is 0 Å². The first kappa shape index (κ1) is 46.9. The van der Waals surface area contributed by atoms with E-state index in [9.17, 15) is 0 Å². The van der Waals surface area contributed by atoms with Crippen molar-refractivity contribution in [3.05, 3.63) is 263 Å². The molecular formula is C78H56B2. The standard InChI is InChI=1S/C78H56B2/c1-47(2)69-45-71(79(75-57-29-13-5-21-49(57)41-50-22-6-14-30-58(50)75)76-59-31-15-7-23-51(59)42-52-24-8-16-32-60(52)76)67-40-38-66-70(48(3)4)46-72(68-39-37-65(69)73(67)74(66)68)80(77-61-33-17-9-25-53(61)43-54-26-10-18-34-62(54)77)78-63-35-19-11-27-55(63)44-56-28-12-20-36-64(56)78/h5-19,21-35,38,40-48H,37,39H2,1-4H3. The molecule has 14 aromatic carbocycles. The Morgan fingerprint density at radius 1 is 0.338 bits per heavy atom. The molecule has 374 valence electrons. The van der Waals surface area contributed by atoms with Gasteiger partial charge in [0.1, 0.15) is 0 Å². The van der Waals surface area contributed by atoms with Gasteiger partial charge >= 0.3 is 0 Å². The van der Waals surface area contributed by atoms with E-state index in [-0.39, 0.29) is 25.3 Å². The highest BCUT2D eigenvalue weighted by Crippen LogP contribution is 2.42. The van der Waals surface area contributed by atoms with Gasteiger partial charge < -0.3 is 0 Å². The Morgan fingerprint density at radius 2 is 0.700 bits per heavy atom. The number of rotatable bonds is 8. The van der Waals surface area contributed by atoms with Crippen LogP contribution in [0.1, 0.15) is 61.8 Å². The lowest BCUT2D eigenvalue weighted by atomic mass is 9.33. The Balaban J connectivity index is 1.12. The van der Waals surface area contributed by atoms with E-state index in [0.717, 1.165) is 18.1 Å². The van der Waals surface area contributed by atoms with Gasteiger partial charge in [0.05, 0.1) is 0 Å². The summed E-state index contributed by atoms with van der Waals surface area (Å²) < 4.78 is 0. The van der Waals surface area contributed by atoms with Gasteiger partial charge in [-0.15, -0.1) is 0 Å². The molecule has 2 heteroatoms. The zero-order valence-corrected chi connectivity index (χ0v) is 45.7. The largest absolute Gasteiger partial charge is 0.245 e. The molecule has 0 nitrogen and oxygen atoms in total. The second-order valence-electron chi connectivity index (χ2n) is 23.4. The molecule has 0 saturated heterocycles. The van der Waals surface area contributed by atoms with E-state index in [4.69, 9.17) is 0 Å². The van der Waals surface area contributed by atoms with E-state index in [1.54, 1.807) is 0 Å². The van der Waals surface area contributed by atoms with Crippen molar-refractivity contribution in [3.63, 3.8) is 0 Å². The van der Waals surface area contributed by atoms with Crippen LogP contribution in [-0.4, -0.2) is 13.4 Å². The lowest BCUT2D eigenvalue weighted by molar-refractivity contribution is 0.833. The third-order valence-corrected chi connectivity index (χ3v) is 18.5. The Hall–Kier alpha value is -9.15. The average molecular weight is 1010 g/mol. The van der Waals surface area contributed by atoms with Gasteiger partial charge in [-0.25, -0.2) is 0 Å². The van der Waals surface area contributed by atoms with Crippen molar-refractivity contribution >= 4 is 155 Å². The summed E-state index contributed by atoms with van der Waals surface area (Å²) in [5.74, 6) is 0.541. The van der Waals surface area contributed by atoms with Gasteiger partial charge in [0.2, 0.25) is 13.4 Å². The summed E-state index contributed by atoms with van der Waals surface area (Å²) in [7, 11) is 0. The minimum atomic E-state index is -0.148. The fraction of sp³-hybridized carbons (Fsp3) is 0.103. The number of benzene rings is 14. The number of fused-ring (bicyclic) bond motifs is 8. The van der Waals surface area contributed by atoms with Crippen LogP contribution in [0.15, 0.2) is 230 Å². The maximum Gasteiger partial charge on any atom is 0.245 e. The van der Waals surface area contributed by atoms with Gasteiger partial charge in [-0.2, -0.15) is 0 Å². The first-order chi connectivity index (χ1) is 39.4. The Bertz CT molecular complexity index is 4960. The van der Waals surface area contributed by atoms with Crippen LogP contribution in [0.2, 0.25) is 0 Å². The highest BCUT2D eigenvalue weighted by atomic mass is 14.3. The van der Waals surface area contributed by atoms with Crippen LogP contribution in [0, 0.1) is 0 Å². The fourth-order valence-corrected chi connectivity index (χ4v) is 15.1. The maximum absolute atomic E-state index is 3.78. The second-order valence-corrected chi connectivity index (χ2v) is 23.4. The molecule has 0 unspecified atom stereocenters. The minimum absolute atomic E-state index is 0.132. The molecule has 0 bridgehead atoms. The number of aryl methyl sites for hydroxylation is 2. The summed E-state index contributed by atoms with van der Waals surface area (Å²) >= 11 is 0. The first-order valence-corrected chi connectivity index (χ1v) is 28.9. The molecule has 0 saturated carbocycles. The average Bonchev–Trinajstić information content (AvgIpc) is 3.66. The molecule has 0 amide bonds. The third kappa shape index (κ3) is 7.00. The fourth-order valence-electron chi connectivity index (χ4n) is 15.1. The molecule has 0 aromatic heterocycles. The number of hydrogen-bond acceptors (Lipinski definition) is 0. The van der Waals surface area contributed by atoms with Crippen LogP contribution in [0.25, 0.3) is 109 Å². The van der Waals surface area contributed by atoms with E-state index < -0.39 is 0 Å². The summed E-state index contributed by atoms with van der Waals surface area (Å²) in [4.78, 5) is 0. The van der Waals surface area contributed by atoms with Crippen LogP contribution in [0.4, 0.5) is 0 Å². The molecular weight excluding hydrogens is 958 g/mol. The lowest BCUT2D eigenvalue weighted by Crippen LogP contribution is -2.61. The summed E-state index contributed by atoms with van der Waals surface area (Å²) in [6.45, 7) is 9.41. The van der Waals surface area contributed by atoms with Crippen molar-refractivity contribution in [2.75, 3.05) is 0 Å². The molecule has 0 N–H and O–H groups in total. The lowest BCUT2D eigenvalue weighted by Gasteiger charge is -2.32. The van der Waals surface area contributed by atoms with E-state index in [0.29, 0.717) is 0 Å². The monoisotopic (exact) mass is 1010 g/mol. The predicted octanol–water partition coefficient (Wildman–Crippen LogP) is 14.3. The van der Waals surface area contributed by atoms with Gasteiger partial charge in [0, 0.05) is 5.22 Å². The van der Waals surface area contributed by atoms with Gasteiger partial charge in [0.25, 0.3) is 0 Å². The predicted molar refractivity (Wildman–Crippen MR) is 350 cm³/mol. The zero-order chi connectivity index (χ0) is 53.3. The molecule has 2 aliphatic rings. The van der Waals surface area contributed by atoms with Crippen molar-refractivity contribution in [2.45, 2.75) is 52.4 Å². The molecule has 0 heterocycles. The number of hydrogen-bond donors (Lipinski definition) is 0. The van der Waals surface area contributed by atoms with Crippen molar-refractivity contribution in [1.29, 1.82) is 0 Å². The van der Waals surface area contributed by atoms with Crippen LogP contribution in [0.5, 0.6) is 0 Å². The maximum atomic E-state index is 3.78. The number of allylic oxidation sites excluding steroid dienone is 1. The summed E-state index contributed by atoms with van der Waals surface area (Å²) in [5.41, 5.74) is 21.3. The first-order valence-electron chi connectivity index (χ1n) is 28.9. The summed E-state index contributed by atoms with van der Waals surface area (Å²) in [5, 5.41) is 25.8. The SMILES string of the molecule is CC(C)c1cc(B(c2c3ccccc3cc3ccccc23)c2c3ccccc3cc3ccccc23)c2ccc3c(C(C)C)cc(B(c4c5c(cc6ccccc46)=CC=C=C=5)c4c5ccccc5cc5ccccc45)c4c3c2c1CC4. The zero-order valence-electron chi connectivity index (χ0n) is 45.7. The van der Waals surface area contributed by atoms with E-state index in [1.807, 2.05) is 6.08 Å². The van der Waals surface area contributed by atoms with Gasteiger partial charge in [-0.1, -0.05) is 261 Å². The molecule has 14 aromatic rings. The van der Waals surface area contributed by atoms with E-state index in [1.165, 1.54) is 157 Å². The molecule has 0 aliphatic heterocycles. The van der Waals surface area contributed by atoms with E-state index in [2.05, 4.69) is 264 Å². The topological polar surface area (TPSA) is 0 Å². The Morgan fingerprint density at radius 3 is 1.15 bits per heavy atom. The van der Waals surface area contributed by atoms with Crippen molar-refractivity contribution in [1.82, 2.24) is 0 Å². The van der Waals surface area contributed by atoms with Crippen molar-refractivity contribution in [2.24, 2.45) is 0 Å². The molecule has 80 heavy (non-hydrogen) atoms.